The van der Waals surface area contributed by atoms with E-state index < -0.39 is 0 Å². The summed E-state index contributed by atoms with van der Waals surface area (Å²) >= 11 is 1.79. The van der Waals surface area contributed by atoms with Gasteiger partial charge in [0.2, 0.25) is 0 Å². The van der Waals surface area contributed by atoms with E-state index in [0.717, 1.165) is 12.8 Å². The Balaban J connectivity index is 2.11. The Kier molecular flexibility index (Phi) is 5.01. The molecular weight excluding hydrogens is 242 g/mol. The van der Waals surface area contributed by atoms with E-state index in [-0.39, 0.29) is 0 Å². The van der Waals surface area contributed by atoms with Gasteiger partial charge in [0.05, 0.1) is 5.69 Å². The van der Waals surface area contributed by atoms with Crippen LogP contribution in [0.1, 0.15) is 56.0 Å². The van der Waals surface area contributed by atoms with Crippen LogP contribution in [0.3, 0.4) is 0 Å². The molecule has 0 unspecified atom stereocenters. The van der Waals surface area contributed by atoms with Gasteiger partial charge in [0.15, 0.2) is 5.13 Å². The van der Waals surface area contributed by atoms with Crippen LogP contribution >= 0.6 is 11.3 Å². The normalized spacial score (nSPS) is 17.1. The molecule has 0 radical (unpaired) electrons. The number of aromatic nitrogens is 1. The number of rotatable bonds is 5. The van der Waals surface area contributed by atoms with Crippen LogP contribution < -0.4 is 10.6 Å². The second-order valence-electron chi connectivity index (χ2n) is 5.22. The smallest absolute Gasteiger partial charge is 0.185 e. The van der Waals surface area contributed by atoms with E-state index in [0.29, 0.717) is 12.6 Å². The lowest BCUT2D eigenvalue weighted by Gasteiger charge is -2.30. The Bertz CT molecular complexity index is 369. The molecule has 18 heavy (non-hydrogen) atoms. The van der Waals surface area contributed by atoms with Crippen molar-refractivity contribution < 1.29 is 0 Å². The molecule has 0 atom stereocenters. The first kappa shape index (κ1) is 13.8. The number of hydrogen-bond acceptors (Lipinski definition) is 4. The molecule has 1 aromatic rings. The van der Waals surface area contributed by atoms with Gasteiger partial charge in [-0.25, -0.2) is 4.98 Å². The van der Waals surface area contributed by atoms with Crippen LogP contribution in [-0.2, 0) is 13.0 Å². The lowest BCUT2D eigenvalue weighted by Crippen LogP contribution is -2.33. The molecule has 2 rings (SSSR count). The molecule has 0 aliphatic heterocycles. The summed E-state index contributed by atoms with van der Waals surface area (Å²) < 4.78 is 0. The molecule has 1 saturated carbocycles. The molecule has 3 nitrogen and oxygen atoms in total. The second-order valence-corrected chi connectivity index (χ2v) is 6.29. The van der Waals surface area contributed by atoms with Crippen LogP contribution in [-0.4, -0.2) is 18.1 Å². The third-order valence-corrected chi connectivity index (χ3v) is 5.07. The Morgan fingerprint density at radius 3 is 2.67 bits per heavy atom. The first-order chi connectivity index (χ1) is 8.76. The molecule has 1 aliphatic carbocycles. The van der Waals surface area contributed by atoms with E-state index in [4.69, 9.17) is 10.7 Å². The maximum atomic E-state index is 5.82. The summed E-state index contributed by atoms with van der Waals surface area (Å²) in [6.07, 6.45) is 8.97. The van der Waals surface area contributed by atoms with Crippen molar-refractivity contribution in [1.82, 2.24) is 4.98 Å². The highest BCUT2D eigenvalue weighted by molar-refractivity contribution is 7.15. The monoisotopic (exact) mass is 267 g/mol. The highest BCUT2D eigenvalue weighted by Gasteiger charge is 2.21. The third kappa shape index (κ3) is 3.04. The van der Waals surface area contributed by atoms with Crippen molar-refractivity contribution in [1.29, 1.82) is 0 Å². The summed E-state index contributed by atoms with van der Waals surface area (Å²) in [7, 11) is 2.20. The summed E-state index contributed by atoms with van der Waals surface area (Å²) in [4.78, 5) is 8.47. The zero-order valence-electron chi connectivity index (χ0n) is 11.6. The number of nitrogens with two attached hydrogens (primary N) is 1. The van der Waals surface area contributed by atoms with Gasteiger partial charge in [0, 0.05) is 24.5 Å². The van der Waals surface area contributed by atoms with Crippen molar-refractivity contribution in [3.05, 3.63) is 10.6 Å². The Hall–Kier alpha value is -0.610. The molecule has 1 aliphatic rings. The molecule has 0 amide bonds. The van der Waals surface area contributed by atoms with Crippen molar-refractivity contribution in [2.75, 3.05) is 11.9 Å². The minimum absolute atomic E-state index is 0.630. The highest BCUT2D eigenvalue weighted by Crippen LogP contribution is 2.31. The molecular formula is C14H25N3S. The molecule has 1 aromatic heterocycles. The van der Waals surface area contributed by atoms with Crippen LogP contribution in [0.4, 0.5) is 5.13 Å². The van der Waals surface area contributed by atoms with E-state index in [1.54, 1.807) is 11.3 Å². The van der Waals surface area contributed by atoms with Gasteiger partial charge in [-0.05, 0) is 19.3 Å². The van der Waals surface area contributed by atoms with Gasteiger partial charge in [0.1, 0.15) is 0 Å². The molecule has 4 heteroatoms. The molecule has 2 N–H and O–H groups in total. The van der Waals surface area contributed by atoms with E-state index in [2.05, 4.69) is 18.9 Å². The molecule has 0 spiro atoms. The van der Waals surface area contributed by atoms with E-state index in [1.165, 1.54) is 47.8 Å². The van der Waals surface area contributed by atoms with E-state index in [1.807, 2.05) is 0 Å². The number of thiazole rings is 1. The average Bonchev–Trinajstić information content (AvgIpc) is 2.82. The highest BCUT2D eigenvalue weighted by atomic mass is 32.1. The summed E-state index contributed by atoms with van der Waals surface area (Å²) in [5.74, 6) is 0. The van der Waals surface area contributed by atoms with Crippen molar-refractivity contribution in [3.8, 4) is 0 Å². The minimum Gasteiger partial charge on any atom is -0.348 e. The Labute approximate surface area is 114 Å². The van der Waals surface area contributed by atoms with Crippen molar-refractivity contribution in [2.45, 2.75) is 64.5 Å². The lowest BCUT2D eigenvalue weighted by molar-refractivity contribution is 0.427. The van der Waals surface area contributed by atoms with Gasteiger partial charge < -0.3 is 10.6 Å². The van der Waals surface area contributed by atoms with Gasteiger partial charge in [-0.2, -0.15) is 0 Å². The van der Waals surface area contributed by atoms with Gasteiger partial charge in [-0.1, -0.05) is 32.6 Å². The van der Waals surface area contributed by atoms with Crippen molar-refractivity contribution in [2.24, 2.45) is 5.73 Å². The van der Waals surface area contributed by atoms with E-state index >= 15 is 0 Å². The van der Waals surface area contributed by atoms with Gasteiger partial charge in [-0.15, -0.1) is 11.3 Å². The molecule has 0 aromatic carbocycles. The number of hydrogen-bond donors (Lipinski definition) is 1. The van der Waals surface area contributed by atoms with Crippen molar-refractivity contribution >= 4 is 16.5 Å². The molecule has 1 heterocycles. The summed E-state index contributed by atoms with van der Waals surface area (Å²) in [5.41, 5.74) is 7.05. The standard InChI is InChI=1S/C14H25N3S/c1-3-7-12-13(10-15)18-14(16-12)17(2)11-8-5-4-6-9-11/h11H,3-10,15H2,1-2H3. The second kappa shape index (κ2) is 6.53. The largest absolute Gasteiger partial charge is 0.348 e. The maximum Gasteiger partial charge on any atom is 0.185 e. The topological polar surface area (TPSA) is 42.2 Å². The number of nitrogens with zero attached hydrogens (tertiary/aromatic N) is 2. The fourth-order valence-electron chi connectivity index (χ4n) is 2.74. The average molecular weight is 267 g/mol. The predicted octanol–water partition coefficient (Wildman–Crippen LogP) is 3.32. The van der Waals surface area contributed by atoms with Crippen LogP contribution in [0.25, 0.3) is 0 Å². The zero-order chi connectivity index (χ0) is 13.0. The van der Waals surface area contributed by atoms with Crippen LogP contribution in [0.5, 0.6) is 0 Å². The predicted molar refractivity (Wildman–Crippen MR) is 79.3 cm³/mol. The van der Waals surface area contributed by atoms with Crippen LogP contribution in [0, 0.1) is 0 Å². The van der Waals surface area contributed by atoms with Crippen molar-refractivity contribution in [3.63, 3.8) is 0 Å². The summed E-state index contributed by atoms with van der Waals surface area (Å²) in [6, 6.07) is 0.685. The quantitative estimate of drug-likeness (QED) is 0.890. The van der Waals surface area contributed by atoms with Crippen LogP contribution in [0.15, 0.2) is 0 Å². The number of anilines is 1. The summed E-state index contributed by atoms with van der Waals surface area (Å²) in [5, 5.41) is 1.17. The number of aryl methyl sites for hydroxylation is 1. The summed E-state index contributed by atoms with van der Waals surface area (Å²) in [6.45, 7) is 2.83. The first-order valence-corrected chi connectivity index (χ1v) is 7.99. The SMILES string of the molecule is CCCc1nc(N(C)C2CCCCC2)sc1CN. The third-order valence-electron chi connectivity index (χ3n) is 3.86. The van der Waals surface area contributed by atoms with Gasteiger partial charge in [-0.3, -0.25) is 0 Å². The van der Waals surface area contributed by atoms with E-state index in [9.17, 15) is 0 Å². The fraction of sp³-hybridized carbons (Fsp3) is 0.786. The fourth-order valence-corrected chi connectivity index (χ4v) is 3.75. The molecule has 1 fully saturated rings. The van der Waals surface area contributed by atoms with Gasteiger partial charge in [0.25, 0.3) is 0 Å². The lowest BCUT2D eigenvalue weighted by atomic mass is 9.95. The molecule has 102 valence electrons. The maximum absolute atomic E-state index is 5.82. The molecule has 0 saturated heterocycles. The molecule has 0 bridgehead atoms. The zero-order valence-corrected chi connectivity index (χ0v) is 12.4. The minimum atomic E-state index is 0.630. The first-order valence-electron chi connectivity index (χ1n) is 7.17. The Morgan fingerprint density at radius 2 is 2.06 bits per heavy atom. The van der Waals surface area contributed by atoms with Crippen LogP contribution in [0.2, 0.25) is 0 Å². The Morgan fingerprint density at radius 1 is 1.33 bits per heavy atom. The van der Waals surface area contributed by atoms with Gasteiger partial charge >= 0.3 is 0 Å².